The van der Waals surface area contributed by atoms with Crippen molar-refractivity contribution in [1.82, 2.24) is 0 Å². The molecule has 66 valence electrons. The van der Waals surface area contributed by atoms with Gasteiger partial charge in [0.1, 0.15) is 0 Å². The van der Waals surface area contributed by atoms with E-state index in [1.807, 2.05) is 0 Å². The Kier molecular flexibility index (Phi) is 3.53. The van der Waals surface area contributed by atoms with Gasteiger partial charge in [0.15, 0.2) is 0 Å². The number of rotatable bonds is 2. The third-order valence-electron chi connectivity index (χ3n) is 1.54. The van der Waals surface area contributed by atoms with Crippen LogP contribution in [-0.4, -0.2) is 11.7 Å². The quantitative estimate of drug-likeness (QED) is 0.844. The van der Waals surface area contributed by atoms with E-state index in [-0.39, 0.29) is 6.54 Å². The van der Waals surface area contributed by atoms with Gasteiger partial charge in [-0.1, -0.05) is 27.5 Å². The normalized spacial score (nSPS) is 13.0. The van der Waals surface area contributed by atoms with Crippen molar-refractivity contribution in [2.45, 2.75) is 6.10 Å². The molecule has 0 aromatic heterocycles. The molecule has 3 N–H and O–H groups in total. The fraction of sp³-hybridized carbons (Fsp3) is 0.250. The highest BCUT2D eigenvalue weighted by molar-refractivity contribution is 9.10. The van der Waals surface area contributed by atoms with Crippen LogP contribution in [0.25, 0.3) is 0 Å². The van der Waals surface area contributed by atoms with Gasteiger partial charge in [0.05, 0.1) is 6.10 Å². The van der Waals surface area contributed by atoms with Crippen molar-refractivity contribution >= 4 is 27.5 Å². The first-order chi connectivity index (χ1) is 5.65. The largest absolute Gasteiger partial charge is 0.387 e. The van der Waals surface area contributed by atoms with Crippen LogP contribution in [-0.2, 0) is 0 Å². The van der Waals surface area contributed by atoms with E-state index in [0.717, 1.165) is 10.0 Å². The number of aliphatic hydroxyl groups is 1. The van der Waals surface area contributed by atoms with Crippen LogP contribution < -0.4 is 5.73 Å². The van der Waals surface area contributed by atoms with Gasteiger partial charge in [0.2, 0.25) is 0 Å². The number of hydrogen-bond acceptors (Lipinski definition) is 2. The summed E-state index contributed by atoms with van der Waals surface area (Å²) in [6.07, 6.45) is -0.655. The van der Waals surface area contributed by atoms with Crippen molar-refractivity contribution < 1.29 is 5.11 Å². The highest BCUT2D eigenvalue weighted by Gasteiger charge is 2.09. The van der Waals surface area contributed by atoms with Crippen molar-refractivity contribution in [1.29, 1.82) is 0 Å². The van der Waals surface area contributed by atoms with Crippen LogP contribution in [0.2, 0.25) is 5.02 Å². The first kappa shape index (κ1) is 9.99. The highest BCUT2D eigenvalue weighted by atomic mass is 79.9. The standard InChI is InChI=1S/C8H9BrClNO/c9-7-2-1-5(10)3-6(7)8(12)4-11/h1-3,8,12H,4,11H2/t8-/m1/s1. The highest BCUT2D eigenvalue weighted by Crippen LogP contribution is 2.25. The molecule has 0 spiro atoms. The number of hydrogen-bond donors (Lipinski definition) is 2. The second kappa shape index (κ2) is 4.23. The Morgan fingerprint density at radius 1 is 1.58 bits per heavy atom. The second-order valence-electron chi connectivity index (χ2n) is 2.42. The minimum atomic E-state index is -0.655. The third-order valence-corrected chi connectivity index (χ3v) is 2.50. The minimum Gasteiger partial charge on any atom is -0.387 e. The van der Waals surface area contributed by atoms with Crippen molar-refractivity contribution in [3.63, 3.8) is 0 Å². The van der Waals surface area contributed by atoms with E-state index in [0.29, 0.717) is 5.02 Å². The maximum Gasteiger partial charge on any atom is 0.0923 e. The lowest BCUT2D eigenvalue weighted by Crippen LogP contribution is -2.11. The Morgan fingerprint density at radius 3 is 2.83 bits per heavy atom. The number of nitrogens with two attached hydrogens (primary N) is 1. The van der Waals surface area contributed by atoms with Gasteiger partial charge in [-0.25, -0.2) is 0 Å². The van der Waals surface area contributed by atoms with Gasteiger partial charge in [0, 0.05) is 16.0 Å². The van der Waals surface area contributed by atoms with E-state index in [4.69, 9.17) is 17.3 Å². The molecule has 0 bridgehead atoms. The van der Waals surface area contributed by atoms with Gasteiger partial charge < -0.3 is 10.8 Å². The fourth-order valence-corrected chi connectivity index (χ4v) is 1.59. The van der Waals surface area contributed by atoms with Crippen LogP contribution >= 0.6 is 27.5 Å². The van der Waals surface area contributed by atoms with Gasteiger partial charge in [-0.3, -0.25) is 0 Å². The zero-order chi connectivity index (χ0) is 9.14. The lowest BCUT2D eigenvalue weighted by molar-refractivity contribution is 0.186. The van der Waals surface area contributed by atoms with Gasteiger partial charge in [0.25, 0.3) is 0 Å². The molecule has 1 rings (SSSR count). The smallest absolute Gasteiger partial charge is 0.0923 e. The van der Waals surface area contributed by atoms with Crippen molar-refractivity contribution in [3.05, 3.63) is 33.3 Å². The van der Waals surface area contributed by atoms with E-state index in [2.05, 4.69) is 15.9 Å². The predicted molar refractivity (Wildman–Crippen MR) is 53.2 cm³/mol. The van der Waals surface area contributed by atoms with E-state index in [1.165, 1.54) is 0 Å². The van der Waals surface area contributed by atoms with Crippen LogP contribution in [0.5, 0.6) is 0 Å². The number of aliphatic hydroxyl groups excluding tert-OH is 1. The topological polar surface area (TPSA) is 46.2 Å². The van der Waals surface area contributed by atoms with Crippen LogP contribution in [0.3, 0.4) is 0 Å². The van der Waals surface area contributed by atoms with E-state index in [1.54, 1.807) is 18.2 Å². The Labute approximate surface area is 84.5 Å². The molecule has 0 aliphatic rings. The zero-order valence-electron chi connectivity index (χ0n) is 6.30. The molecular weight excluding hydrogens is 241 g/mol. The van der Waals surface area contributed by atoms with Crippen LogP contribution in [0.1, 0.15) is 11.7 Å². The molecule has 1 aromatic rings. The number of halogens is 2. The van der Waals surface area contributed by atoms with E-state index < -0.39 is 6.10 Å². The average Bonchev–Trinajstić information content (AvgIpc) is 2.08. The van der Waals surface area contributed by atoms with E-state index in [9.17, 15) is 5.11 Å². The summed E-state index contributed by atoms with van der Waals surface area (Å²) in [6, 6.07) is 5.23. The molecule has 0 amide bonds. The molecule has 0 saturated carbocycles. The van der Waals surface area contributed by atoms with Crippen LogP contribution in [0, 0.1) is 0 Å². The van der Waals surface area contributed by atoms with E-state index >= 15 is 0 Å². The Balaban J connectivity index is 3.04. The molecule has 1 aromatic carbocycles. The minimum absolute atomic E-state index is 0.193. The summed E-state index contributed by atoms with van der Waals surface area (Å²) >= 11 is 9.04. The molecule has 12 heavy (non-hydrogen) atoms. The lowest BCUT2D eigenvalue weighted by atomic mass is 10.1. The van der Waals surface area contributed by atoms with Gasteiger partial charge in [-0.05, 0) is 23.8 Å². The summed E-state index contributed by atoms with van der Waals surface area (Å²) in [5.41, 5.74) is 6.04. The van der Waals surface area contributed by atoms with Crippen molar-refractivity contribution in [2.24, 2.45) is 5.73 Å². The Hall–Kier alpha value is -0.0900. The van der Waals surface area contributed by atoms with Crippen molar-refractivity contribution in [2.75, 3.05) is 6.54 Å². The molecular formula is C8H9BrClNO. The zero-order valence-corrected chi connectivity index (χ0v) is 8.64. The fourth-order valence-electron chi connectivity index (χ4n) is 0.897. The first-order valence-electron chi connectivity index (χ1n) is 3.48. The summed E-state index contributed by atoms with van der Waals surface area (Å²) in [6.45, 7) is 0.193. The maximum absolute atomic E-state index is 9.42. The molecule has 0 aliphatic heterocycles. The maximum atomic E-state index is 9.42. The molecule has 1 atom stereocenters. The van der Waals surface area contributed by atoms with Crippen molar-refractivity contribution in [3.8, 4) is 0 Å². The van der Waals surface area contributed by atoms with Gasteiger partial charge >= 0.3 is 0 Å². The molecule has 0 aliphatic carbocycles. The number of benzene rings is 1. The molecule has 0 saturated heterocycles. The molecule has 0 radical (unpaired) electrons. The lowest BCUT2D eigenvalue weighted by Gasteiger charge is -2.10. The monoisotopic (exact) mass is 249 g/mol. The second-order valence-corrected chi connectivity index (χ2v) is 3.71. The Morgan fingerprint density at radius 2 is 2.25 bits per heavy atom. The predicted octanol–water partition coefficient (Wildman–Crippen LogP) is 2.09. The van der Waals surface area contributed by atoms with Gasteiger partial charge in [-0.2, -0.15) is 0 Å². The van der Waals surface area contributed by atoms with Crippen LogP contribution in [0.15, 0.2) is 22.7 Å². The molecule has 4 heteroatoms. The Bertz CT molecular complexity index is 280. The average molecular weight is 251 g/mol. The van der Waals surface area contributed by atoms with Gasteiger partial charge in [-0.15, -0.1) is 0 Å². The summed E-state index contributed by atoms with van der Waals surface area (Å²) < 4.78 is 0.824. The summed E-state index contributed by atoms with van der Waals surface area (Å²) in [7, 11) is 0. The van der Waals surface area contributed by atoms with Crippen LogP contribution in [0.4, 0.5) is 0 Å². The third kappa shape index (κ3) is 2.20. The first-order valence-corrected chi connectivity index (χ1v) is 4.65. The SMILES string of the molecule is NC[C@@H](O)c1cc(Cl)ccc1Br. The summed E-state index contributed by atoms with van der Waals surface area (Å²) in [4.78, 5) is 0. The molecule has 0 fully saturated rings. The summed E-state index contributed by atoms with van der Waals surface area (Å²) in [5.74, 6) is 0. The molecule has 0 heterocycles. The summed E-state index contributed by atoms with van der Waals surface area (Å²) in [5, 5.41) is 10.0. The molecule has 2 nitrogen and oxygen atoms in total. The molecule has 0 unspecified atom stereocenters.